The molecule has 0 saturated carbocycles. The smallest absolute Gasteiger partial charge is 0.407 e. The fourth-order valence-electron chi connectivity index (χ4n) is 2.85. The van der Waals surface area contributed by atoms with Crippen LogP contribution in [-0.2, 0) is 11.3 Å². The van der Waals surface area contributed by atoms with Gasteiger partial charge in [0.15, 0.2) is 0 Å². The summed E-state index contributed by atoms with van der Waals surface area (Å²) in [7, 11) is 0. The molecule has 0 unspecified atom stereocenters. The molecule has 120 valence electrons. The topological polar surface area (TPSA) is 49.8 Å². The van der Waals surface area contributed by atoms with Crippen molar-refractivity contribution in [2.24, 2.45) is 5.92 Å². The van der Waals surface area contributed by atoms with E-state index in [0.29, 0.717) is 25.6 Å². The van der Waals surface area contributed by atoms with Crippen molar-refractivity contribution in [2.45, 2.75) is 32.3 Å². The van der Waals surface area contributed by atoms with Gasteiger partial charge in [-0.1, -0.05) is 42.5 Å². The van der Waals surface area contributed by atoms with Crippen molar-refractivity contribution in [1.82, 2.24) is 4.90 Å². The van der Waals surface area contributed by atoms with Crippen molar-refractivity contribution in [1.29, 1.82) is 0 Å². The molecule has 1 saturated heterocycles. The van der Waals surface area contributed by atoms with Crippen LogP contribution in [0.2, 0.25) is 0 Å². The predicted octanol–water partition coefficient (Wildman–Crippen LogP) is 3.93. The van der Waals surface area contributed by atoms with E-state index in [2.05, 4.69) is 18.7 Å². The molecule has 2 rings (SSSR count). The number of carboxylic acid groups (broad SMARTS) is 1. The summed E-state index contributed by atoms with van der Waals surface area (Å²) in [6.07, 6.45) is 2.93. The van der Waals surface area contributed by atoms with E-state index in [1.807, 2.05) is 18.2 Å². The molecule has 22 heavy (non-hydrogen) atoms. The number of nitrogens with zero attached hydrogens (tertiary/aromatic N) is 1. The summed E-state index contributed by atoms with van der Waals surface area (Å²) in [6.45, 7) is 6.83. The largest absolute Gasteiger partial charge is 0.465 e. The molecule has 0 bridgehead atoms. The van der Waals surface area contributed by atoms with Crippen LogP contribution < -0.4 is 0 Å². The number of ether oxygens (including phenoxy) is 1. The molecule has 1 aliphatic heterocycles. The number of carbonyl (C=O) groups is 1. The molecule has 1 aliphatic rings. The summed E-state index contributed by atoms with van der Waals surface area (Å²) in [4.78, 5) is 12.4. The second kappa shape index (κ2) is 8.59. The Kier molecular flexibility index (Phi) is 6.46. The zero-order valence-corrected chi connectivity index (χ0v) is 13.0. The Hall–Kier alpha value is -1.81. The van der Waals surface area contributed by atoms with Gasteiger partial charge in [0.1, 0.15) is 0 Å². The highest BCUT2D eigenvalue weighted by Crippen LogP contribution is 2.26. The molecular formula is C18H25NO3. The number of allylic oxidation sites excluding steroid dienone is 1. The minimum atomic E-state index is -0.807. The number of hydrogen-bond donors (Lipinski definition) is 1. The Balaban J connectivity index is 1.57. The molecular weight excluding hydrogens is 278 g/mol. The summed E-state index contributed by atoms with van der Waals surface area (Å²) < 4.78 is 5.68. The molecule has 1 N–H and O–H groups in total. The average molecular weight is 303 g/mol. The van der Waals surface area contributed by atoms with Crippen LogP contribution in [0.3, 0.4) is 0 Å². The molecule has 0 aliphatic carbocycles. The minimum Gasteiger partial charge on any atom is -0.465 e. The normalized spacial score (nSPS) is 15.7. The van der Waals surface area contributed by atoms with E-state index in [1.54, 1.807) is 0 Å². The first kappa shape index (κ1) is 16.6. The molecule has 1 aromatic carbocycles. The number of piperidine rings is 1. The maximum absolute atomic E-state index is 10.9. The zero-order valence-electron chi connectivity index (χ0n) is 13.0. The standard InChI is InChI=1S/C18H25NO3/c1-15(17-9-11-19(12-10-17)18(20)21)6-5-13-22-14-16-7-3-2-4-8-16/h2-4,7-8,17H,1,5-6,9-14H2,(H,20,21). The lowest BCUT2D eigenvalue weighted by molar-refractivity contribution is 0.116. The summed E-state index contributed by atoms with van der Waals surface area (Å²) in [6, 6.07) is 10.2. The van der Waals surface area contributed by atoms with E-state index in [0.717, 1.165) is 32.3 Å². The van der Waals surface area contributed by atoms with Gasteiger partial charge in [-0.3, -0.25) is 0 Å². The molecule has 1 aromatic rings. The van der Waals surface area contributed by atoms with Crippen LogP contribution in [0.1, 0.15) is 31.2 Å². The van der Waals surface area contributed by atoms with Gasteiger partial charge in [-0.25, -0.2) is 4.79 Å². The Morgan fingerprint density at radius 1 is 1.27 bits per heavy atom. The first-order valence-corrected chi connectivity index (χ1v) is 7.94. The summed E-state index contributed by atoms with van der Waals surface area (Å²) in [5.74, 6) is 0.463. The highest BCUT2D eigenvalue weighted by atomic mass is 16.5. The van der Waals surface area contributed by atoms with Gasteiger partial charge in [0, 0.05) is 19.7 Å². The van der Waals surface area contributed by atoms with Crippen LogP contribution >= 0.6 is 0 Å². The van der Waals surface area contributed by atoms with Crippen molar-refractivity contribution in [3.05, 3.63) is 48.0 Å². The third kappa shape index (κ3) is 5.19. The average Bonchev–Trinajstić information content (AvgIpc) is 2.55. The number of likely N-dealkylation sites (tertiary alicyclic amines) is 1. The third-order valence-corrected chi connectivity index (χ3v) is 4.24. The van der Waals surface area contributed by atoms with E-state index in [4.69, 9.17) is 9.84 Å². The minimum absolute atomic E-state index is 0.463. The van der Waals surface area contributed by atoms with Crippen LogP contribution in [0.4, 0.5) is 4.79 Å². The van der Waals surface area contributed by atoms with Crippen LogP contribution in [0.5, 0.6) is 0 Å². The number of hydrogen-bond acceptors (Lipinski definition) is 2. The van der Waals surface area contributed by atoms with Crippen LogP contribution in [0.25, 0.3) is 0 Å². The van der Waals surface area contributed by atoms with Crippen molar-refractivity contribution < 1.29 is 14.6 Å². The van der Waals surface area contributed by atoms with E-state index in [9.17, 15) is 4.79 Å². The van der Waals surface area contributed by atoms with Crippen LogP contribution in [0.15, 0.2) is 42.5 Å². The first-order chi connectivity index (χ1) is 10.7. The third-order valence-electron chi connectivity index (χ3n) is 4.24. The Bertz CT molecular complexity index is 478. The molecule has 0 atom stereocenters. The molecule has 0 aromatic heterocycles. The highest BCUT2D eigenvalue weighted by molar-refractivity contribution is 5.65. The Morgan fingerprint density at radius 3 is 2.59 bits per heavy atom. The molecule has 1 fully saturated rings. The predicted molar refractivity (Wildman–Crippen MR) is 86.8 cm³/mol. The van der Waals surface area contributed by atoms with E-state index < -0.39 is 6.09 Å². The molecule has 1 heterocycles. The number of rotatable bonds is 7. The Morgan fingerprint density at radius 2 is 1.95 bits per heavy atom. The molecule has 4 heteroatoms. The van der Waals surface area contributed by atoms with Gasteiger partial charge in [0.2, 0.25) is 0 Å². The van der Waals surface area contributed by atoms with E-state index in [1.165, 1.54) is 16.0 Å². The lowest BCUT2D eigenvalue weighted by atomic mass is 9.88. The summed E-state index contributed by atoms with van der Waals surface area (Å²) in [5.41, 5.74) is 2.44. The van der Waals surface area contributed by atoms with E-state index >= 15 is 0 Å². The first-order valence-electron chi connectivity index (χ1n) is 7.94. The highest BCUT2D eigenvalue weighted by Gasteiger charge is 2.23. The van der Waals surface area contributed by atoms with Crippen molar-refractivity contribution in [3.8, 4) is 0 Å². The molecule has 0 radical (unpaired) electrons. The van der Waals surface area contributed by atoms with Gasteiger partial charge in [0.25, 0.3) is 0 Å². The van der Waals surface area contributed by atoms with Gasteiger partial charge in [0.05, 0.1) is 6.61 Å². The fourth-order valence-corrected chi connectivity index (χ4v) is 2.85. The van der Waals surface area contributed by atoms with Gasteiger partial charge in [-0.2, -0.15) is 0 Å². The van der Waals surface area contributed by atoms with E-state index in [-0.39, 0.29) is 0 Å². The maximum atomic E-state index is 10.9. The fraction of sp³-hybridized carbons (Fsp3) is 0.500. The SMILES string of the molecule is C=C(CCCOCc1ccccc1)C1CCN(C(=O)O)CC1. The van der Waals surface area contributed by atoms with Crippen molar-refractivity contribution in [2.75, 3.05) is 19.7 Å². The lowest BCUT2D eigenvalue weighted by Crippen LogP contribution is -2.37. The molecule has 0 spiro atoms. The summed E-state index contributed by atoms with van der Waals surface area (Å²) in [5, 5.41) is 8.94. The lowest BCUT2D eigenvalue weighted by Gasteiger charge is -2.31. The molecule has 1 amide bonds. The Labute approximate surface area is 132 Å². The monoisotopic (exact) mass is 303 g/mol. The summed E-state index contributed by atoms with van der Waals surface area (Å²) >= 11 is 0. The van der Waals surface area contributed by atoms with Crippen LogP contribution in [0, 0.1) is 5.92 Å². The number of amides is 1. The number of benzene rings is 1. The van der Waals surface area contributed by atoms with Gasteiger partial charge in [-0.15, -0.1) is 0 Å². The van der Waals surface area contributed by atoms with Crippen molar-refractivity contribution >= 4 is 6.09 Å². The van der Waals surface area contributed by atoms with Crippen molar-refractivity contribution in [3.63, 3.8) is 0 Å². The second-order valence-electron chi connectivity index (χ2n) is 5.84. The second-order valence-corrected chi connectivity index (χ2v) is 5.84. The van der Waals surface area contributed by atoms with Gasteiger partial charge < -0.3 is 14.7 Å². The van der Waals surface area contributed by atoms with Gasteiger partial charge in [-0.05, 0) is 37.2 Å². The maximum Gasteiger partial charge on any atom is 0.407 e. The molecule has 4 nitrogen and oxygen atoms in total. The quantitative estimate of drug-likeness (QED) is 0.613. The van der Waals surface area contributed by atoms with Gasteiger partial charge >= 0.3 is 6.09 Å². The zero-order chi connectivity index (χ0) is 15.8. The van der Waals surface area contributed by atoms with Crippen LogP contribution in [-0.4, -0.2) is 35.8 Å².